The highest BCUT2D eigenvalue weighted by atomic mass is 16.6. The normalized spacial score (nSPS) is 27.0. The van der Waals surface area contributed by atoms with E-state index < -0.39 is 16.6 Å². The van der Waals surface area contributed by atoms with E-state index in [1.54, 1.807) is 0 Å². The molecule has 1 spiro atoms. The first-order valence-corrected chi connectivity index (χ1v) is 19.3. The first-order chi connectivity index (χ1) is 26.0. The Morgan fingerprint density at radius 3 is 2.13 bits per heavy atom. The molecule has 5 aliphatic rings. The molecular formula is C47H44N2O4. The maximum absolute atomic E-state index is 13.3. The molecule has 3 aliphatic carbocycles. The summed E-state index contributed by atoms with van der Waals surface area (Å²) in [7, 11) is 0. The average Bonchev–Trinajstić information content (AvgIpc) is 3.96. The zero-order chi connectivity index (χ0) is 35.6. The van der Waals surface area contributed by atoms with Gasteiger partial charge in [0.2, 0.25) is 0 Å². The lowest BCUT2D eigenvalue weighted by Crippen LogP contribution is -2.77. The van der Waals surface area contributed by atoms with Gasteiger partial charge in [-0.15, -0.1) is 0 Å². The minimum Gasteiger partial charge on any atom is -0.482 e. The van der Waals surface area contributed by atoms with Crippen LogP contribution in [0.2, 0.25) is 0 Å². The zero-order valence-corrected chi connectivity index (χ0v) is 29.9. The summed E-state index contributed by atoms with van der Waals surface area (Å²) in [6, 6.07) is 45.7. The Labute approximate surface area is 311 Å². The first kappa shape index (κ1) is 32.7. The average molecular weight is 701 g/mol. The van der Waals surface area contributed by atoms with Crippen molar-refractivity contribution >= 4 is 0 Å². The van der Waals surface area contributed by atoms with E-state index in [4.69, 9.17) is 14.2 Å². The third-order valence-corrected chi connectivity index (χ3v) is 13.0. The maximum atomic E-state index is 13.3. The number of hydrogen-bond donors (Lipinski definition) is 1. The van der Waals surface area contributed by atoms with Crippen LogP contribution in [0.15, 0.2) is 127 Å². The van der Waals surface area contributed by atoms with Crippen molar-refractivity contribution in [3.8, 4) is 17.6 Å². The summed E-state index contributed by atoms with van der Waals surface area (Å²) < 4.78 is 21.7. The minimum atomic E-state index is -0.980. The molecule has 2 aliphatic heterocycles. The Hall–Kier alpha value is -4.93. The highest BCUT2D eigenvalue weighted by Gasteiger charge is 2.73. The molecule has 5 aromatic rings. The van der Waals surface area contributed by atoms with E-state index in [-0.39, 0.29) is 18.2 Å². The van der Waals surface area contributed by atoms with Crippen LogP contribution in [0.5, 0.6) is 11.5 Å². The topological polar surface area (TPSA) is 75.0 Å². The van der Waals surface area contributed by atoms with Crippen LogP contribution < -0.4 is 9.47 Å². The van der Waals surface area contributed by atoms with E-state index in [9.17, 15) is 10.4 Å². The van der Waals surface area contributed by atoms with Crippen LogP contribution in [0.3, 0.4) is 0 Å². The van der Waals surface area contributed by atoms with Gasteiger partial charge >= 0.3 is 0 Å². The Morgan fingerprint density at radius 1 is 0.811 bits per heavy atom. The lowest BCUT2D eigenvalue weighted by molar-refractivity contribution is -0.217. The van der Waals surface area contributed by atoms with Gasteiger partial charge in [0.15, 0.2) is 17.1 Å². The summed E-state index contributed by atoms with van der Waals surface area (Å²) in [4.78, 5) is 2.60. The van der Waals surface area contributed by atoms with E-state index in [1.165, 1.54) is 18.4 Å². The summed E-state index contributed by atoms with van der Waals surface area (Å²) in [5.41, 5.74) is 4.42. The molecule has 2 bridgehead atoms. The fourth-order valence-corrected chi connectivity index (χ4v) is 10.5. The van der Waals surface area contributed by atoms with Crippen LogP contribution in [-0.4, -0.2) is 46.9 Å². The van der Waals surface area contributed by atoms with Crippen molar-refractivity contribution in [1.29, 1.82) is 5.26 Å². The molecule has 2 heterocycles. The number of nitriles is 1. The smallest absolute Gasteiger partial charge is 0.184 e. The van der Waals surface area contributed by atoms with Crippen molar-refractivity contribution in [1.82, 2.24) is 4.90 Å². The SMILES string of the molecule is N#Cc1cccc(CO[C@@H]2CC[C@@]3(O)[C@H]4Cc5ccc(OC(c6ccccc6)(c6ccccc6)c6ccccc6)c6c5[C@@]3(CCN4CC3CC3)[C@H]2O6)c1. The van der Waals surface area contributed by atoms with Crippen LogP contribution in [0.25, 0.3) is 0 Å². The molecule has 0 unspecified atom stereocenters. The van der Waals surface area contributed by atoms with E-state index in [0.29, 0.717) is 30.8 Å². The largest absolute Gasteiger partial charge is 0.482 e. The molecule has 6 heteroatoms. The van der Waals surface area contributed by atoms with Gasteiger partial charge in [-0.3, -0.25) is 4.90 Å². The maximum Gasteiger partial charge on any atom is 0.184 e. The standard InChI is InChI=1S/C47H44N2O4/c48-29-33-11-10-12-34(27-33)31-51-40-23-24-46(50)41-28-35-21-22-39(43-42(35)45(46,44(40)52-43)25-26-49(41)30-32-19-20-32)53-47(36-13-4-1-5-14-36,37-15-6-2-7-16-37)38-17-8-3-9-18-38/h1-18,21-22,27,32,40-41,44,50H,19-20,23-26,28,30-31H2/t40-,41-,44+,45+,46-/m1/s1. The number of nitrogens with zero attached hydrogens (tertiary/aromatic N) is 2. The fourth-order valence-electron chi connectivity index (χ4n) is 10.5. The van der Waals surface area contributed by atoms with Crippen LogP contribution >= 0.6 is 0 Å². The Balaban J connectivity index is 1.12. The first-order valence-electron chi connectivity index (χ1n) is 19.3. The number of hydrogen-bond acceptors (Lipinski definition) is 6. The highest BCUT2D eigenvalue weighted by Crippen LogP contribution is 2.66. The third kappa shape index (κ3) is 5.02. The highest BCUT2D eigenvalue weighted by molar-refractivity contribution is 5.64. The van der Waals surface area contributed by atoms with Gasteiger partial charge in [-0.25, -0.2) is 0 Å². The Bertz CT molecular complexity index is 2080. The minimum absolute atomic E-state index is 0.0264. The number of aliphatic hydroxyl groups is 1. The summed E-state index contributed by atoms with van der Waals surface area (Å²) in [5.74, 6) is 2.15. The van der Waals surface area contributed by atoms with Crippen molar-refractivity contribution in [2.45, 2.75) is 80.0 Å². The van der Waals surface area contributed by atoms with Crippen LogP contribution in [0, 0.1) is 17.2 Å². The molecule has 1 N–H and O–H groups in total. The number of ether oxygens (including phenoxy) is 3. The number of rotatable bonds is 10. The summed E-state index contributed by atoms with van der Waals surface area (Å²) in [6.07, 6.45) is 4.87. The molecule has 2 saturated carbocycles. The van der Waals surface area contributed by atoms with Crippen molar-refractivity contribution < 1.29 is 19.3 Å². The van der Waals surface area contributed by atoms with Crippen LogP contribution in [-0.2, 0) is 28.8 Å². The second-order valence-corrected chi connectivity index (χ2v) is 15.9. The van der Waals surface area contributed by atoms with Gasteiger partial charge in [0.05, 0.1) is 35.4 Å². The van der Waals surface area contributed by atoms with E-state index in [1.807, 2.05) is 42.5 Å². The van der Waals surface area contributed by atoms with Crippen molar-refractivity contribution in [3.05, 3.63) is 166 Å². The predicted molar refractivity (Wildman–Crippen MR) is 203 cm³/mol. The van der Waals surface area contributed by atoms with E-state index >= 15 is 0 Å². The molecule has 0 radical (unpaired) electrons. The molecule has 5 atom stereocenters. The van der Waals surface area contributed by atoms with Gasteiger partial charge in [-0.1, -0.05) is 109 Å². The Kier molecular flexibility index (Phi) is 7.77. The van der Waals surface area contributed by atoms with Crippen LogP contribution in [0.4, 0.5) is 0 Å². The molecule has 53 heavy (non-hydrogen) atoms. The van der Waals surface area contributed by atoms with Gasteiger partial charge in [0.1, 0.15) is 6.10 Å². The molecule has 6 nitrogen and oxygen atoms in total. The van der Waals surface area contributed by atoms with Gasteiger partial charge in [0.25, 0.3) is 0 Å². The number of likely N-dealkylation sites (tertiary alicyclic amines) is 1. The molecule has 5 aromatic carbocycles. The lowest BCUT2D eigenvalue weighted by atomic mass is 9.48. The number of piperidine rings is 1. The monoisotopic (exact) mass is 700 g/mol. The van der Waals surface area contributed by atoms with Crippen molar-refractivity contribution in [2.24, 2.45) is 5.92 Å². The number of benzene rings is 5. The second-order valence-electron chi connectivity index (χ2n) is 15.9. The van der Waals surface area contributed by atoms with Crippen molar-refractivity contribution in [2.75, 3.05) is 13.1 Å². The van der Waals surface area contributed by atoms with E-state index in [2.05, 4.69) is 95.9 Å². The predicted octanol–water partition coefficient (Wildman–Crippen LogP) is 8.08. The van der Waals surface area contributed by atoms with Crippen LogP contribution in [0.1, 0.15) is 71.0 Å². The molecule has 0 amide bonds. The third-order valence-electron chi connectivity index (χ3n) is 13.0. The van der Waals surface area contributed by atoms with Gasteiger partial charge in [0, 0.05) is 34.8 Å². The molecule has 0 aromatic heterocycles. The second kappa shape index (κ2) is 12.6. The summed E-state index contributed by atoms with van der Waals surface area (Å²) >= 11 is 0. The van der Waals surface area contributed by atoms with Crippen molar-refractivity contribution in [3.63, 3.8) is 0 Å². The van der Waals surface area contributed by atoms with E-state index in [0.717, 1.165) is 65.4 Å². The summed E-state index contributed by atoms with van der Waals surface area (Å²) in [5, 5.41) is 22.8. The zero-order valence-electron chi connectivity index (χ0n) is 29.9. The quantitative estimate of drug-likeness (QED) is 0.149. The molecule has 266 valence electrons. The Morgan fingerprint density at radius 2 is 1.49 bits per heavy atom. The fraction of sp³-hybridized carbons (Fsp3) is 0.340. The lowest BCUT2D eigenvalue weighted by Gasteiger charge is -2.64. The molecule has 1 saturated heterocycles. The van der Waals surface area contributed by atoms with Gasteiger partial charge in [-0.2, -0.15) is 5.26 Å². The molecule has 10 rings (SSSR count). The van der Waals surface area contributed by atoms with Gasteiger partial charge in [-0.05, 0) is 80.3 Å². The van der Waals surface area contributed by atoms with Gasteiger partial charge < -0.3 is 19.3 Å². The molecule has 3 fully saturated rings. The summed E-state index contributed by atoms with van der Waals surface area (Å²) in [6.45, 7) is 2.35. The molecular weight excluding hydrogens is 657 g/mol.